The minimum atomic E-state index is -0.297. The lowest BCUT2D eigenvalue weighted by atomic mass is 10.1. The molecule has 0 bridgehead atoms. The van der Waals surface area contributed by atoms with Crippen LogP contribution in [0.3, 0.4) is 0 Å². The van der Waals surface area contributed by atoms with Crippen LogP contribution in [0.15, 0.2) is 60.1 Å². The Balaban J connectivity index is 1.72. The number of methoxy groups -OCH3 is 1. The van der Waals surface area contributed by atoms with Gasteiger partial charge in [-0.05, 0) is 30.7 Å². The molecule has 1 amide bonds. The van der Waals surface area contributed by atoms with E-state index in [1.165, 1.54) is 11.3 Å². The third-order valence-electron chi connectivity index (χ3n) is 4.92. The van der Waals surface area contributed by atoms with Crippen LogP contribution >= 0.6 is 11.3 Å². The first kappa shape index (κ1) is 21.6. The van der Waals surface area contributed by atoms with E-state index in [-0.39, 0.29) is 5.91 Å². The molecule has 2 aromatic carbocycles. The highest BCUT2D eigenvalue weighted by Crippen LogP contribution is 2.30. The van der Waals surface area contributed by atoms with E-state index < -0.39 is 0 Å². The summed E-state index contributed by atoms with van der Waals surface area (Å²) < 4.78 is 5.36. The maximum atomic E-state index is 13.1. The molecule has 0 atom stereocenters. The number of imidazole rings is 1. The Morgan fingerprint density at radius 3 is 2.78 bits per heavy atom. The van der Waals surface area contributed by atoms with Crippen LogP contribution < -0.4 is 15.4 Å². The maximum Gasteiger partial charge on any atom is 0.276 e. The Morgan fingerprint density at radius 1 is 1.16 bits per heavy atom. The molecule has 0 aliphatic carbocycles. The number of carbonyl (C=O) groups excluding carboxylic acids is 1. The van der Waals surface area contributed by atoms with Gasteiger partial charge in [-0.3, -0.25) is 10.1 Å². The molecule has 0 saturated carbocycles. The van der Waals surface area contributed by atoms with E-state index in [2.05, 4.69) is 27.5 Å². The molecule has 4 rings (SSSR count). The van der Waals surface area contributed by atoms with E-state index >= 15 is 0 Å². The molecule has 0 spiro atoms. The van der Waals surface area contributed by atoms with Crippen molar-refractivity contribution >= 4 is 28.1 Å². The van der Waals surface area contributed by atoms with Crippen LogP contribution in [0.5, 0.6) is 5.75 Å². The zero-order valence-corrected chi connectivity index (χ0v) is 18.8. The second-order valence-corrected chi connectivity index (χ2v) is 8.09. The lowest BCUT2D eigenvalue weighted by Gasteiger charge is -2.06. The van der Waals surface area contributed by atoms with Gasteiger partial charge in [0.1, 0.15) is 23.0 Å². The predicted octanol–water partition coefficient (Wildman–Crippen LogP) is 5.67. The first-order valence-corrected chi connectivity index (χ1v) is 11.4. The molecule has 0 aliphatic heterocycles. The molecule has 7 nitrogen and oxygen atoms in total. The number of rotatable bonds is 9. The van der Waals surface area contributed by atoms with E-state index in [0.717, 1.165) is 36.2 Å². The average Bonchev–Trinajstić information content (AvgIpc) is 3.50. The highest BCUT2D eigenvalue weighted by molar-refractivity contribution is 7.13. The molecule has 2 heterocycles. The highest BCUT2D eigenvalue weighted by atomic mass is 32.1. The number of aromatic nitrogens is 3. The molecule has 164 valence electrons. The number of H-pyrrole nitrogens is 1. The van der Waals surface area contributed by atoms with Crippen LogP contribution in [-0.4, -0.2) is 34.5 Å². The van der Waals surface area contributed by atoms with Crippen molar-refractivity contribution in [1.82, 2.24) is 15.0 Å². The van der Waals surface area contributed by atoms with Gasteiger partial charge >= 0.3 is 0 Å². The normalized spacial score (nSPS) is 10.7. The number of hydrogen-bond acceptors (Lipinski definition) is 6. The van der Waals surface area contributed by atoms with Crippen LogP contribution in [0.4, 0.5) is 10.8 Å². The summed E-state index contributed by atoms with van der Waals surface area (Å²) in [4.78, 5) is 25.3. The van der Waals surface area contributed by atoms with Gasteiger partial charge in [-0.15, -0.1) is 11.3 Å². The van der Waals surface area contributed by atoms with E-state index in [1.54, 1.807) is 13.3 Å². The molecule has 0 saturated heterocycles. The van der Waals surface area contributed by atoms with Gasteiger partial charge < -0.3 is 15.0 Å². The Kier molecular flexibility index (Phi) is 6.81. The summed E-state index contributed by atoms with van der Waals surface area (Å²) in [5.41, 5.74) is 3.62. The summed E-state index contributed by atoms with van der Waals surface area (Å²) in [7, 11) is 1.61. The number of ether oxygens (including phenoxy) is 1. The summed E-state index contributed by atoms with van der Waals surface area (Å²) in [5.74, 6) is 1.01. The number of aromatic amines is 1. The topological polar surface area (TPSA) is 91.9 Å². The Bertz CT molecular complexity index is 1190. The molecule has 32 heavy (non-hydrogen) atoms. The Labute approximate surface area is 190 Å². The Morgan fingerprint density at radius 2 is 2.00 bits per heavy atom. The summed E-state index contributed by atoms with van der Waals surface area (Å²) in [6.07, 6.45) is 3.89. The van der Waals surface area contributed by atoms with Crippen LogP contribution in [0.1, 0.15) is 30.3 Å². The summed E-state index contributed by atoms with van der Waals surface area (Å²) in [5, 5.41) is 8.62. The number of carbonyl (C=O) groups is 1. The van der Waals surface area contributed by atoms with Crippen molar-refractivity contribution in [2.75, 3.05) is 24.3 Å². The molecular weight excluding hydrogens is 422 g/mol. The summed E-state index contributed by atoms with van der Waals surface area (Å²) >= 11 is 1.36. The number of nitrogens with one attached hydrogen (secondary N) is 3. The number of thiazole rings is 1. The highest BCUT2D eigenvalue weighted by Gasteiger charge is 2.21. The number of nitrogens with zero attached hydrogens (tertiary/aromatic N) is 2. The van der Waals surface area contributed by atoms with Crippen molar-refractivity contribution in [3.05, 3.63) is 65.8 Å². The minimum absolute atomic E-state index is 0.297. The van der Waals surface area contributed by atoms with Crippen molar-refractivity contribution < 1.29 is 9.53 Å². The smallest absolute Gasteiger partial charge is 0.276 e. The fourth-order valence-electron chi connectivity index (χ4n) is 3.28. The van der Waals surface area contributed by atoms with Gasteiger partial charge in [-0.25, -0.2) is 9.97 Å². The maximum absolute atomic E-state index is 13.1. The lowest BCUT2D eigenvalue weighted by Crippen LogP contribution is -2.13. The van der Waals surface area contributed by atoms with E-state index in [4.69, 9.17) is 9.72 Å². The largest absolute Gasteiger partial charge is 0.497 e. The van der Waals surface area contributed by atoms with Crippen LogP contribution in [0.2, 0.25) is 0 Å². The second-order valence-electron chi connectivity index (χ2n) is 7.19. The van der Waals surface area contributed by atoms with E-state index in [0.29, 0.717) is 28.1 Å². The van der Waals surface area contributed by atoms with Crippen molar-refractivity contribution in [2.45, 2.75) is 19.8 Å². The summed E-state index contributed by atoms with van der Waals surface area (Å²) in [6.45, 7) is 3.08. The quantitative estimate of drug-likeness (QED) is 0.287. The number of hydrogen-bond donors (Lipinski definition) is 3. The molecular formula is C24H25N5O2S. The fourth-order valence-corrected chi connectivity index (χ4v) is 3.81. The minimum Gasteiger partial charge on any atom is -0.497 e. The molecule has 0 radical (unpaired) electrons. The number of anilines is 2. The van der Waals surface area contributed by atoms with Crippen LogP contribution in [-0.2, 0) is 0 Å². The third-order valence-corrected chi connectivity index (χ3v) is 5.61. The lowest BCUT2D eigenvalue weighted by molar-refractivity contribution is 0.102. The molecule has 2 aromatic heterocycles. The predicted molar refractivity (Wildman–Crippen MR) is 129 cm³/mol. The standard InChI is InChI=1S/C24H25N5O2S/c1-3-4-11-25-18-9-5-8-17(14-18)22-27-20(16-7-6-10-19(15-16)31-2)21(28-22)23(30)29-24-26-12-13-32-24/h5-10,12-15,25H,3-4,11H2,1-2H3,(H,27,28)(H,26,29,30). The van der Waals surface area contributed by atoms with E-state index in [1.807, 2.05) is 53.9 Å². The van der Waals surface area contributed by atoms with Gasteiger partial charge in [-0.2, -0.15) is 0 Å². The van der Waals surface area contributed by atoms with Gasteiger partial charge in [0.15, 0.2) is 5.13 Å². The molecule has 8 heteroatoms. The van der Waals surface area contributed by atoms with Crippen molar-refractivity contribution in [3.63, 3.8) is 0 Å². The summed E-state index contributed by atoms with van der Waals surface area (Å²) in [6, 6.07) is 15.5. The number of benzene rings is 2. The third kappa shape index (κ3) is 4.97. The first-order chi connectivity index (χ1) is 15.7. The number of unbranched alkanes of at least 4 members (excludes halogenated alkanes) is 1. The van der Waals surface area contributed by atoms with Crippen LogP contribution in [0.25, 0.3) is 22.6 Å². The zero-order valence-electron chi connectivity index (χ0n) is 18.0. The van der Waals surface area contributed by atoms with Crippen molar-refractivity contribution in [1.29, 1.82) is 0 Å². The van der Waals surface area contributed by atoms with Gasteiger partial charge in [0.05, 0.1) is 7.11 Å². The second kappa shape index (κ2) is 10.1. The monoisotopic (exact) mass is 447 g/mol. The van der Waals surface area contributed by atoms with Gasteiger partial charge in [0.2, 0.25) is 0 Å². The average molecular weight is 448 g/mol. The van der Waals surface area contributed by atoms with Crippen LogP contribution in [0, 0.1) is 0 Å². The first-order valence-electron chi connectivity index (χ1n) is 10.5. The van der Waals surface area contributed by atoms with Crippen molar-refractivity contribution in [2.24, 2.45) is 0 Å². The van der Waals surface area contributed by atoms with Gasteiger partial charge in [0, 0.05) is 34.9 Å². The Hall–Kier alpha value is -3.65. The van der Waals surface area contributed by atoms with Gasteiger partial charge in [0.25, 0.3) is 5.91 Å². The molecule has 3 N–H and O–H groups in total. The van der Waals surface area contributed by atoms with Crippen molar-refractivity contribution in [3.8, 4) is 28.4 Å². The SMILES string of the molecule is CCCCNc1cccc(-c2nc(-c3cccc(OC)c3)c(C(=O)Nc3nccs3)[nH]2)c1. The molecule has 4 aromatic rings. The molecule has 0 fully saturated rings. The molecule has 0 aliphatic rings. The fraction of sp³-hybridized carbons (Fsp3) is 0.208. The van der Waals surface area contributed by atoms with Gasteiger partial charge in [-0.1, -0.05) is 37.6 Å². The zero-order chi connectivity index (χ0) is 22.3. The van der Waals surface area contributed by atoms with E-state index in [9.17, 15) is 4.79 Å². The molecule has 0 unspecified atom stereocenters. The number of amides is 1.